The first-order valence-electron chi connectivity index (χ1n) is 7.39. The second-order valence-corrected chi connectivity index (χ2v) is 5.56. The number of anilines is 3. The topological polar surface area (TPSA) is 94.5 Å². The maximum absolute atomic E-state index is 12.3. The van der Waals surface area contributed by atoms with E-state index in [0.29, 0.717) is 35.4 Å². The Bertz CT molecular complexity index is 924. The van der Waals surface area contributed by atoms with Gasteiger partial charge >= 0.3 is 5.69 Å². The molecule has 1 aliphatic heterocycles. The molecule has 0 saturated heterocycles. The fourth-order valence-electron chi connectivity index (χ4n) is 2.57. The lowest BCUT2D eigenvalue weighted by Crippen LogP contribution is -2.38. The summed E-state index contributed by atoms with van der Waals surface area (Å²) in [6.07, 6.45) is 1.81. The second-order valence-electron chi connectivity index (χ2n) is 5.56. The Morgan fingerprint density at radius 3 is 2.46 bits per heavy atom. The number of rotatable bonds is 3. The van der Waals surface area contributed by atoms with Crippen LogP contribution in [0.15, 0.2) is 45.8 Å². The molecule has 2 aromatic rings. The smallest absolute Gasteiger partial charge is 0.332 e. The quantitative estimate of drug-likeness (QED) is 0.794. The molecule has 1 aromatic carbocycles. The average Bonchev–Trinajstić information content (AvgIpc) is 2.90. The molecule has 3 rings (SSSR count). The molecule has 0 amide bonds. The molecule has 8 nitrogen and oxygen atoms in total. The van der Waals surface area contributed by atoms with Crippen LogP contribution in [-0.4, -0.2) is 22.8 Å². The van der Waals surface area contributed by atoms with Gasteiger partial charge in [-0.1, -0.05) is 0 Å². The number of fused-ring (bicyclic) bond motifs is 1. The van der Waals surface area contributed by atoms with Crippen molar-refractivity contribution in [2.24, 2.45) is 14.1 Å². The van der Waals surface area contributed by atoms with Crippen molar-refractivity contribution < 1.29 is 4.74 Å². The van der Waals surface area contributed by atoms with E-state index in [1.54, 1.807) is 49.3 Å². The molecular weight excluding hydrogens is 310 g/mol. The summed E-state index contributed by atoms with van der Waals surface area (Å²) in [7, 11) is 4.85. The first-order valence-corrected chi connectivity index (χ1v) is 7.39. The summed E-state index contributed by atoms with van der Waals surface area (Å²) in [5, 5.41) is 3.09. The van der Waals surface area contributed by atoms with Gasteiger partial charge in [-0.05, 0) is 30.3 Å². The molecule has 1 aliphatic rings. The molecule has 0 aliphatic carbocycles. The van der Waals surface area contributed by atoms with Crippen LogP contribution in [0.1, 0.15) is 0 Å². The summed E-state index contributed by atoms with van der Waals surface area (Å²) in [6.45, 7) is 0.304. The Morgan fingerprint density at radius 1 is 1.12 bits per heavy atom. The normalized spacial score (nSPS) is 14.6. The number of aromatic nitrogens is 2. The van der Waals surface area contributed by atoms with Crippen molar-refractivity contribution >= 4 is 17.2 Å². The highest BCUT2D eigenvalue weighted by atomic mass is 16.5. The van der Waals surface area contributed by atoms with E-state index in [1.807, 2.05) is 0 Å². The second kappa shape index (κ2) is 5.80. The SMILES string of the molecule is CN1C(=CCOc2ccc(N)cc2)Nc2c1c(=O)n(C)c(=O)n2C. The van der Waals surface area contributed by atoms with Gasteiger partial charge in [-0.3, -0.25) is 13.9 Å². The zero-order valence-corrected chi connectivity index (χ0v) is 13.7. The zero-order valence-electron chi connectivity index (χ0n) is 13.7. The third-order valence-corrected chi connectivity index (χ3v) is 3.99. The van der Waals surface area contributed by atoms with Crippen molar-refractivity contribution in [3.8, 4) is 5.75 Å². The zero-order chi connectivity index (χ0) is 17.4. The molecule has 2 heterocycles. The van der Waals surface area contributed by atoms with E-state index in [0.717, 1.165) is 4.57 Å². The van der Waals surface area contributed by atoms with Crippen molar-refractivity contribution in [1.29, 1.82) is 0 Å². The van der Waals surface area contributed by atoms with Gasteiger partial charge in [-0.2, -0.15) is 0 Å². The van der Waals surface area contributed by atoms with Gasteiger partial charge < -0.3 is 20.7 Å². The Kier molecular flexibility index (Phi) is 3.80. The lowest BCUT2D eigenvalue weighted by molar-refractivity contribution is 0.362. The number of ether oxygens (including phenoxy) is 1. The molecule has 0 unspecified atom stereocenters. The van der Waals surface area contributed by atoms with Crippen molar-refractivity contribution in [1.82, 2.24) is 9.13 Å². The molecular formula is C16H19N5O3. The molecule has 8 heteroatoms. The highest BCUT2D eigenvalue weighted by molar-refractivity contribution is 5.76. The summed E-state index contributed by atoms with van der Waals surface area (Å²) >= 11 is 0. The van der Waals surface area contributed by atoms with Crippen molar-refractivity contribution in [2.45, 2.75) is 0 Å². The summed E-state index contributed by atoms with van der Waals surface area (Å²) < 4.78 is 8.13. The Hall–Kier alpha value is -3.16. The first-order chi connectivity index (χ1) is 11.4. The van der Waals surface area contributed by atoms with Crippen molar-refractivity contribution in [2.75, 3.05) is 29.6 Å². The fourth-order valence-corrected chi connectivity index (χ4v) is 2.57. The van der Waals surface area contributed by atoms with Crippen LogP contribution in [0.2, 0.25) is 0 Å². The third kappa shape index (κ3) is 2.51. The summed E-state index contributed by atoms with van der Waals surface area (Å²) in [6, 6.07) is 7.09. The minimum Gasteiger partial charge on any atom is -0.489 e. The Balaban J connectivity index is 1.83. The summed E-state index contributed by atoms with van der Waals surface area (Å²) in [5.74, 6) is 1.85. The third-order valence-electron chi connectivity index (χ3n) is 3.99. The predicted octanol–water partition coefficient (Wildman–Crippen LogP) is 0.448. The molecule has 126 valence electrons. The van der Waals surface area contributed by atoms with E-state index in [2.05, 4.69) is 5.32 Å². The maximum atomic E-state index is 12.3. The lowest BCUT2D eigenvalue weighted by Gasteiger charge is -2.13. The molecule has 3 N–H and O–H groups in total. The number of nitrogens with two attached hydrogens (primary N) is 1. The molecule has 0 fully saturated rings. The van der Waals surface area contributed by atoms with E-state index in [1.165, 1.54) is 11.6 Å². The minimum absolute atomic E-state index is 0.304. The van der Waals surface area contributed by atoms with Gasteiger partial charge in [0.15, 0.2) is 5.69 Å². The van der Waals surface area contributed by atoms with Crippen LogP contribution in [0.4, 0.5) is 17.2 Å². The average molecular weight is 329 g/mol. The van der Waals surface area contributed by atoms with Crippen LogP contribution in [0.5, 0.6) is 5.75 Å². The van der Waals surface area contributed by atoms with Crippen LogP contribution in [0.25, 0.3) is 0 Å². The largest absolute Gasteiger partial charge is 0.489 e. The van der Waals surface area contributed by atoms with Gasteiger partial charge in [-0.15, -0.1) is 0 Å². The van der Waals surface area contributed by atoms with E-state index in [9.17, 15) is 9.59 Å². The summed E-state index contributed by atoms with van der Waals surface area (Å²) in [5.41, 5.74) is 6.01. The molecule has 0 spiro atoms. The molecule has 0 radical (unpaired) electrons. The van der Waals surface area contributed by atoms with Gasteiger partial charge in [0.05, 0.1) is 0 Å². The summed E-state index contributed by atoms with van der Waals surface area (Å²) in [4.78, 5) is 26.0. The minimum atomic E-state index is -0.376. The number of nitrogens with zero attached hydrogens (tertiary/aromatic N) is 3. The molecule has 1 aromatic heterocycles. The number of nitrogen functional groups attached to an aromatic ring is 1. The lowest BCUT2D eigenvalue weighted by atomic mass is 10.3. The van der Waals surface area contributed by atoms with Crippen molar-refractivity contribution in [3.63, 3.8) is 0 Å². The highest BCUT2D eigenvalue weighted by Gasteiger charge is 2.27. The van der Waals surface area contributed by atoms with E-state index in [4.69, 9.17) is 10.5 Å². The number of hydrogen-bond donors (Lipinski definition) is 2. The van der Waals surface area contributed by atoms with E-state index >= 15 is 0 Å². The van der Waals surface area contributed by atoms with Crippen LogP contribution in [-0.2, 0) is 14.1 Å². The van der Waals surface area contributed by atoms with Crippen LogP contribution >= 0.6 is 0 Å². The standard InChI is InChI=1S/C16H19N5O3/c1-19-12(8-9-24-11-6-4-10(17)5-7-11)18-14-13(19)15(22)21(3)16(23)20(14)2/h4-8,18H,9,17H2,1-3H3. The van der Waals surface area contributed by atoms with Crippen LogP contribution < -0.4 is 31.9 Å². The van der Waals surface area contributed by atoms with Crippen LogP contribution in [0.3, 0.4) is 0 Å². The monoisotopic (exact) mass is 329 g/mol. The first kappa shape index (κ1) is 15.7. The highest BCUT2D eigenvalue weighted by Crippen LogP contribution is 2.30. The molecule has 0 bridgehead atoms. The number of benzene rings is 1. The Labute approximate surface area is 138 Å². The van der Waals surface area contributed by atoms with Gasteiger partial charge in [0.1, 0.15) is 24.0 Å². The molecule has 24 heavy (non-hydrogen) atoms. The number of hydrogen-bond acceptors (Lipinski definition) is 6. The number of nitrogens with one attached hydrogen (secondary N) is 1. The van der Waals surface area contributed by atoms with Gasteiger partial charge in [0.25, 0.3) is 5.56 Å². The predicted molar refractivity (Wildman–Crippen MR) is 93.4 cm³/mol. The molecule has 0 atom stereocenters. The van der Waals surface area contributed by atoms with Gasteiger partial charge in [0.2, 0.25) is 0 Å². The van der Waals surface area contributed by atoms with Crippen molar-refractivity contribution in [3.05, 3.63) is 57.0 Å². The Morgan fingerprint density at radius 2 is 1.79 bits per heavy atom. The van der Waals surface area contributed by atoms with Gasteiger partial charge in [0, 0.05) is 26.8 Å². The van der Waals surface area contributed by atoms with E-state index in [-0.39, 0.29) is 11.2 Å². The van der Waals surface area contributed by atoms with Crippen LogP contribution in [0, 0.1) is 0 Å². The fraction of sp³-hybridized carbons (Fsp3) is 0.250. The maximum Gasteiger partial charge on any atom is 0.332 e. The van der Waals surface area contributed by atoms with E-state index < -0.39 is 0 Å². The van der Waals surface area contributed by atoms with Gasteiger partial charge in [-0.25, -0.2) is 4.79 Å². The molecule has 0 saturated carbocycles.